The topological polar surface area (TPSA) is 118 Å². The van der Waals surface area contributed by atoms with Crippen LogP contribution >= 0.6 is 11.3 Å². The number of rotatable bonds is 8. The highest BCUT2D eigenvalue weighted by Crippen LogP contribution is 2.32. The van der Waals surface area contributed by atoms with Gasteiger partial charge < -0.3 is 19.8 Å². The second-order valence-electron chi connectivity index (χ2n) is 7.76. The molecule has 3 heterocycles. The quantitative estimate of drug-likeness (QED) is 0.474. The van der Waals surface area contributed by atoms with Crippen LogP contribution in [0, 0.1) is 5.92 Å². The number of urea groups is 1. The lowest BCUT2D eigenvalue weighted by molar-refractivity contribution is -0.134. The molecule has 2 aromatic heterocycles. The number of imide groups is 1. The van der Waals surface area contributed by atoms with Crippen molar-refractivity contribution in [1.29, 1.82) is 0 Å². The van der Waals surface area contributed by atoms with Crippen LogP contribution < -0.4 is 10.6 Å². The number of furan rings is 1. The van der Waals surface area contributed by atoms with Gasteiger partial charge in [-0.2, -0.15) is 0 Å². The van der Waals surface area contributed by atoms with Gasteiger partial charge in [0.05, 0.1) is 18.4 Å². The summed E-state index contributed by atoms with van der Waals surface area (Å²) in [5, 5.41) is 7.36. The van der Waals surface area contributed by atoms with Gasteiger partial charge in [-0.25, -0.2) is 9.59 Å². The molecule has 3 rings (SSSR count). The lowest BCUT2D eigenvalue weighted by atomic mass is 9.99. The van der Waals surface area contributed by atoms with Crippen molar-refractivity contribution in [1.82, 2.24) is 10.2 Å². The van der Waals surface area contributed by atoms with Gasteiger partial charge in [-0.15, -0.1) is 11.3 Å². The van der Waals surface area contributed by atoms with E-state index in [0.717, 1.165) is 10.5 Å². The monoisotopic (exact) mass is 447 g/mol. The summed E-state index contributed by atoms with van der Waals surface area (Å²) in [6.07, 6.45) is 2.05. The minimum Gasteiger partial charge on any atom is -0.466 e. The van der Waals surface area contributed by atoms with E-state index in [-0.39, 0.29) is 12.4 Å². The van der Waals surface area contributed by atoms with Gasteiger partial charge in [0, 0.05) is 0 Å². The van der Waals surface area contributed by atoms with Crippen LogP contribution in [0.25, 0.3) is 0 Å². The maximum absolute atomic E-state index is 12.8. The number of esters is 1. The average Bonchev–Trinajstić information content (AvgIpc) is 3.39. The molecule has 2 aromatic rings. The second kappa shape index (κ2) is 8.93. The molecule has 1 atom stereocenters. The van der Waals surface area contributed by atoms with Crippen LogP contribution in [-0.2, 0) is 26.3 Å². The molecule has 0 bridgehead atoms. The van der Waals surface area contributed by atoms with Crippen LogP contribution in [0.4, 0.5) is 9.80 Å². The van der Waals surface area contributed by atoms with Gasteiger partial charge in [-0.1, -0.05) is 13.8 Å². The molecule has 31 heavy (non-hydrogen) atoms. The van der Waals surface area contributed by atoms with Crippen LogP contribution in [0.5, 0.6) is 0 Å². The number of anilines is 1. The summed E-state index contributed by atoms with van der Waals surface area (Å²) in [5.41, 5.74) is -0.287. The number of carbonyl (C=O) groups is 4. The number of ether oxygens (including phenoxy) is 1. The summed E-state index contributed by atoms with van der Waals surface area (Å²) in [5.74, 6) is -1.14. The predicted molar refractivity (Wildman–Crippen MR) is 114 cm³/mol. The normalized spacial score (nSPS) is 18.4. The number of thiophene rings is 1. The highest BCUT2D eigenvalue weighted by Gasteiger charge is 2.51. The molecule has 1 aliphatic rings. The maximum atomic E-state index is 12.8. The van der Waals surface area contributed by atoms with Crippen molar-refractivity contribution in [2.75, 3.05) is 18.5 Å². The van der Waals surface area contributed by atoms with E-state index in [2.05, 4.69) is 10.6 Å². The molecule has 4 amide bonds. The molecule has 1 aliphatic heterocycles. The fraction of sp³-hybridized carbons (Fsp3) is 0.429. The van der Waals surface area contributed by atoms with E-state index < -0.39 is 35.9 Å². The van der Waals surface area contributed by atoms with Crippen LogP contribution in [0.15, 0.2) is 28.2 Å². The van der Waals surface area contributed by atoms with Gasteiger partial charge in [0.1, 0.15) is 17.3 Å². The molecule has 0 saturated carbocycles. The van der Waals surface area contributed by atoms with Crippen molar-refractivity contribution in [2.24, 2.45) is 5.92 Å². The molecule has 0 spiro atoms. The first-order valence-corrected chi connectivity index (χ1v) is 10.8. The molecule has 10 heteroatoms. The molecule has 166 valence electrons. The largest absolute Gasteiger partial charge is 0.466 e. The summed E-state index contributed by atoms with van der Waals surface area (Å²) in [7, 11) is 0. The SMILES string of the molecule is CCOC(=O)c1c(CC(C)C)csc1NC(=O)CN1C(=O)NC(C)(c2ccco2)C1=O. The standard InChI is InChI=1S/C21H25N3O6S/c1-5-29-18(26)16-13(9-12(2)3)11-31-17(16)22-15(25)10-24-19(27)21(4,23-20(24)28)14-7-6-8-30-14/h6-8,11-12H,5,9-10H2,1-4H3,(H,22,25)(H,23,28). The lowest BCUT2D eigenvalue weighted by Crippen LogP contribution is -2.41. The molecular formula is C21H25N3O6S. The van der Waals surface area contributed by atoms with E-state index in [9.17, 15) is 19.2 Å². The van der Waals surface area contributed by atoms with E-state index in [0.29, 0.717) is 22.9 Å². The summed E-state index contributed by atoms with van der Waals surface area (Å²) in [6, 6.07) is 2.49. The van der Waals surface area contributed by atoms with Crippen molar-refractivity contribution < 1.29 is 28.3 Å². The first kappa shape index (κ1) is 22.5. The minimum absolute atomic E-state index is 0.205. The highest BCUT2D eigenvalue weighted by molar-refractivity contribution is 7.15. The predicted octanol–water partition coefficient (Wildman–Crippen LogP) is 3.12. The average molecular weight is 448 g/mol. The van der Waals surface area contributed by atoms with Crippen molar-refractivity contribution in [2.45, 2.75) is 39.7 Å². The lowest BCUT2D eigenvalue weighted by Gasteiger charge is -2.18. The van der Waals surface area contributed by atoms with E-state index in [4.69, 9.17) is 9.15 Å². The van der Waals surface area contributed by atoms with Crippen LogP contribution in [-0.4, -0.2) is 41.9 Å². The number of nitrogens with one attached hydrogen (secondary N) is 2. The Hall–Kier alpha value is -3.14. The van der Waals surface area contributed by atoms with Gasteiger partial charge in [0.15, 0.2) is 5.54 Å². The van der Waals surface area contributed by atoms with Crippen molar-refractivity contribution in [3.63, 3.8) is 0 Å². The molecule has 1 unspecified atom stereocenters. The summed E-state index contributed by atoms with van der Waals surface area (Å²) in [6.45, 7) is 6.98. The van der Waals surface area contributed by atoms with Crippen molar-refractivity contribution >= 4 is 40.2 Å². The Bertz CT molecular complexity index is 997. The molecule has 2 N–H and O–H groups in total. The zero-order chi connectivity index (χ0) is 22.8. The smallest absolute Gasteiger partial charge is 0.341 e. The first-order chi connectivity index (χ1) is 14.7. The molecular weight excluding hydrogens is 422 g/mol. The van der Waals surface area contributed by atoms with E-state index in [1.807, 2.05) is 19.2 Å². The van der Waals surface area contributed by atoms with Gasteiger partial charge in [-0.05, 0) is 49.3 Å². The van der Waals surface area contributed by atoms with Crippen LogP contribution in [0.2, 0.25) is 0 Å². The van der Waals surface area contributed by atoms with Gasteiger partial charge >= 0.3 is 12.0 Å². The van der Waals surface area contributed by atoms with Crippen molar-refractivity contribution in [3.05, 3.63) is 40.7 Å². The first-order valence-electron chi connectivity index (χ1n) is 9.92. The van der Waals surface area contributed by atoms with Crippen LogP contribution in [0.3, 0.4) is 0 Å². The molecule has 0 aromatic carbocycles. The zero-order valence-corrected chi connectivity index (χ0v) is 18.6. The second-order valence-corrected chi connectivity index (χ2v) is 8.64. The Labute approximate surface area is 183 Å². The molecule has 1 fully saturated rings. The molecule has 1 saturated heterocycles. The Morgan fingerprint density at radius 1 is 1.35 bits per heavy atom. The number of amides is 4. The third-order valence-corrected chi connectivity index (χ3v) is 5.76. The van der Waals surface area contributed by atoms with E-state index >= 15 is 0 Å². The van der Waals surface area contributed by atoms with Gasteiger partial charge in [0.25, 0.3) is 5.91 Å². The van der Waals surface area contributed by atoms with Gasteiger partial charge in [-0.3, -0.25) is 14.5 Å². The fourth-order valence-electron chi connectivity index (χ4n) is 3.38. The third kappa shape index (κ3) is 4.48. The van der Waals surface area contributed by atoms with Crippen molar-refractivity contribution in [3.8, 4) is 0 Å². The minimum atomic E-state index is -1.38. The summed E-state index contributed by atoms with van der Waals surface area (Å²) < 4.78 is 10.4. The molecule has 9 nitrogen and oxygen atoms in total. The third-order valence-electron chi connectivity index (χ3n) is 4.82. The Morgan fingerprint density at radius 3 is 2.71 bits per heavy atom. The number of hydrogen-bond acceptors (Lipinski definition) is 7. The highest BCUT2D eigenvalue weighted by atomic mass is 32.1. The van der Waals surface area contributed by atoms with Crippen LogP contribution in [0.1, 0.15) is 49.4 Å². The zero-order valence-electron chi connectivity index (χ0n) is 17.8. The number of carbonyl (C=O) groups excluding carboxylic acids is 4. The van der Waals surface area contributed by atoms with E-state index in [1.54, 1.807) is 19.1 Å². The molecule has 0 aliphatic carbocycles. The number of nitrogens with zero attached hydrogens (tertiary/aromatic N) is 1. The fourth-order valence-corrected chi connectivity index (χ4v) is 4.36. The summed E-state index contributed by atoms with van der Waals surface area (Å²) in [4.78, 5) is 51.2. The maximum Gasteiger partial charge on any atom is 0.341 e. The molecule has 0 radical (unpaired) electrons. The Kier molecular flexibility index (Phi) is 6.49. The number of hydrogen-bond donors (Lipinski definition) is 2. The summed E-state index contributed by atoms with van der Waals surface area (Å²) >= 11 is 1.21. The Morgan fingerprint density at radius 2 is 2.10 bits per heavy atom. The van der Waals surface area contributed by atoms with E-state index in [1.165, 1.54) is 24.5 Å². The Balaban J connectivity index is 1.76. The van der Waals surface area contributed by atoms with Gasteiger partial charge in [0.2, 0.25) is 5.91 Å².